The van der Waals surface area contributed by atoms with Gasteiger partial charge in [0.2, 0.25) is 5.88 Å². The summed E-state index contributed by atoms with van der Waals surface area (Å²) in [5.41, 5.74) is 0.210. The molecule has 1 amide bonds. The van der Waals surface area contributed by atoms with Gasteiger partial charge in [0, 0.05) is 36.2 Å². The van der Waals surface area contributed by atoms with Gasteiger partial charge in [0.15, 0.2) is 0 Å². The summed E-state index contributed by atoms with van der Waals surface area (Å²) in [5, 5.41) is 0.731. The number of ether oxygens (including phenoxy) is 1. The molecular formula is C23H27FN4O2S. The van der Waals surface area contributed by atoms with Crippen LogP contribution in [0.5, 0.6) is 5.88 Å². The van der Waals surface area contributed by atoms with Crippen LogP contribution in [0.3, 0.4) is 0 Å². The fourth-order valence-electron chi connectivity index (χ4n) is 4.53. The summed E-state index contributed by atoms with van der Waals surface area (Å²) in [6.07, 6.45) is 6.67. The lowest BCUT2D eigenvalue weighted by Crippen LogP contribution is -2.40. The lowest BCUT2D eigenvalue weighted by atomic mass is 9.87. The Morgan fingerprint density at radius 2 is 1.94 bits per heavy atom. The van der Waals surface area contributed by atoms with Crippen LogP contribution in [0.2, 0.25) is 0 Å². The van der Waals surface area contributed by atoms with Gasteiger partial charge in [0.1, 0.15) is 5.67 Å². The molecule has 0 atom stereocenters. The van der Waals surface area contributed by atoms with Gasteiger partial charge < -0.3 is 4.74 Å². The highest BCUT2D eigenvalue weighted by Gasteiger charge is 2.46. The standard InChI is InChI=1S/C23H27FN4O2S/c1-22(2)20-18(6-7-19(26-20)30-3)21(29)28(22)16-12-15(13-25-14-16)23(24)8-10-27(11-9-23)31-17-4-5-17/h6-7,12-14,17H,4-5,8-11H2,1-3H3. The molecule has 4 heterocycles. The molecule has 8 heteroatoms. The molecule has 5 rings (SSSR count). The van der Waals surface area contributed by atoms with Crippen molar-refractivity contribution in [1.29, 1.82) is 0 Å². The maximum absolute atomic E-state index is 15.9. The molecule has 0 N–H and O–H groups in total. The van der Waals surface area contributed by atoms with E-state index >= 15 is 4.39 Å². The van der Waals surface area contributed by atoms with Gasteiger partial charge in [0.25, 0.3) is 5.91 Å². The van der Waals surface area contributed by atoms with Crippen LogP contribution in [0.15, 0.2) is 30.6 Å². The monoisotopic (exact) mass is 442 g/mol. The predicted molar refractivity (Wildman–Crippen MR) is 119 cm³/mol. The number of fused-ring (bicyclic) bond motifs is 1. The van der Waals surface area contributed by atoms with Crippen molar-refractivity contribution in [3.05, 3.63) is 47.4 Å². The van der Waals surface area contributed by atoms with Crippen LogP contribution < -0.4 is 9.64 Å². The third-order valence-corrected chi connectivity index (χ3v) is 7.92. The summed E-state index contributed by atoms with van der Waals surface area (Å²) in [4.78, 5) is 23.8. The quantitative estimate of drug-likeness (QED) is 0.638. The zero-order valence-corrected chi connectivity index (χ0v) is 18.9. The minimum Gasteiger partial charge on any atom is -0.481 e. The molecular weight excluding hydrogens is 415 g/mol. The number of anilines is 1. The van der Waals surface area contributed by atoms with E-state index < -0.39 is 11.2 Å². The molecule has 31 heavy (non-hydrogen) atoms. The number of aromatic nitrogens is 2. The lowest BCUT2D eigenvalue weighted by Gasteiger charge is -2.37. The Morgan fingerprint density at radius 3 is 2.61 bits per heavy atom. The first kappa shape index (κ1) is 20.7. The molecule has 0 unspecified atom stereocenters. The van der Waals surface area contributed by atoms with E-state index in [0.29, 0.717) is 41.2 Å². The topological polar surface area (TPSA) is 58.6 Å². The van der Waals surface area contributed by atoms with Crippen LogP contribution in [0.25, 0.3) is 0 Å². The van der Waals surface area contributed by atoms with Gasteiger partial charge in [-0.15, -0.1) is 0 Å². The Labute approximate surface area is 186 Å². The van der Waals surface area contributed by atoms with Crippen molar-refractivity contribution in [1.82, 2.24) is 14.3 Å². The number of rotatable bonds is 5. The van der Waals surface area contributed by atoms with Crippen LogP contribution in [-0.4, -0.2) is 45.6 Å². The van der Waals surface area contributed by atoms with Crippen molar-refractivity contribution in [2.45, 2.75) is 56.0 Å². The zero-order chi connectivity index (χ0) is 21.8. The van der Waals surface area contributed by atoms with Crippen LogP contribution in [-0.2, 0) is 11.2 Å². The number of piperidine rings is 1. The summed E-state index contributed by atoms with van der Waals surface area (Å²) in [5.74, 6) is 0.310. The minimum absolute atomic E-state index is 0.155. The Balaban J connectivity index is 1.42. The van der Waals surface area contributed by atoms with E-state index in [1.54, 1.807) is 42.6 Å². The van der Waals surface area contributed by atoms with E-state index in [2.05, 4.69) is 14.3 Å². The highest BCUT2D eigenvalue weighted by Crippen LogP contribution is 2.45. The average molecular weight is 443 g/mol. The molecule has 2 aromatic rings. The summed E-state index contributed by atoms with van der Waals surface area (Å²) in [7, 11) is 1.55. The third-order valence-electron chi connectivity index (χ3n) is 6.49. The second-order valence-corrected chi connectivity index (χ2v) is 10.5. The third kappa shape index (κ3) is 3.59. The van der Waals surface area contributed by atoms with Crippen molar-refractivity contribution in [2.75, 3.05) is 25.1 Å². The number of carbonyl (C=O) groups excluding carboxylic acids is 1. The summed E-state index contributed by atoms with van der Waals surface area (Å²) in [6.45, 7) is 5.33. The lowest BCUT2D eigenvalue weighted by molar-refractivity contribution is 0.0898. The van der Waals surface area contributed by atoms with Gasteiger partial charge >= 0.3 is 0 Å². The molecule has 3 aliphatic rings. The van der Waals surface area contributed by atoms with Gasteiger partial charge in [0.05, 0.1) is 35.8 Å². The molecule has 164 valence electrons. The van der Waals surface area contributed by atoms with Crippen LogP contribution in [0, 0.1) is 0 Å². The molecule has 2 fully saturated rings. The molecule has 6 nitrogen and oxygen atoms in total. The first-order valence-corrected chi connectivity index (χ1v) is 11.6. The van der Waals surface area contributed by atoms with Crippen LogP contribution in [0.4, 0.5) is 10.1 Å². The van der Waals surface area contributed by atoms with Crippen molar-refractivity contribution in [2.24, 2.45) is 0 Å². The second kappa shape index (κ2) is 7.45. The van der Waals surface area contributed by atoms with Gasteiger partial charge in [-0.3, -0.25) is 19.0 Å². The number of nitrogens with zero attached hydrogens (tertiary/aromatic N) is 4. The Bertz CT molecular complexity index is 1020. The highest BCUT2D eigenvalue weighted by atomic mass is 32.2. The molecule has 0 aromatic carbocycles. The van der Waals surface area contributed by atoms with E-state index in [4.69, 9.17) is 4.74 Å². The maximum Gasteiger partial charge on any atom is 0.261 e. The van der Waals surface area contributed by atoms with Gasteiger partial charge in [-0.1, -0.05) is 11.9 Å². The first-order chi connectivity index (χ1) is 14.8. The molecule has 2 aromatic heterocycles. The number of halogens is 1. The molecule has 1 aliphatic carbocycles. The Morgan fingerprint density at radius 1 is 1.19 bits per heavy atom. The summed E-state index contributed by atoms with van der Waals surface area (Å²) < 4.78 is 23.5. The normalized spacial score (nSPS) is 22.5. The molecule has 2 aliphatic heterocycles. The number of alkyl halides is 1. The minimum atomic E-state index is -1.43. The zero-order valence-electron chi connectivity index (χ0n) is 18.1. The molecule has 0 bridgehead atoms. The largest absolute Gasteiger partial charge is 0.481 e. The molecule has 1 saturated heterocycles. The van der Waals surface area contributed by atoms with E-state index in [9.17, 15) is 4.79 Å². The molecule has 1 saturated carbocycles. The van der Waals surface area contributed by atoms with Gasteiger partial charge in [-0.25, -0.2) is 9.37 Å². The SMILES string of the molecule is COc1ccc2c(n1)C(C)(C)N(c1cncc(C3(F)CCN(SC4CC4)CC3)c1)C2=O. The van der Waals surface area contributed by atoms with Crippen molar-refractivity contribution in [3.8, 4) is 5.88 Å². The van der Waals surface area contributed by atoms with Crippen molar-refractivity contribution >= 4 is 23.5 Å². The van der Waals surface area contributed by atoms with Crippen molar-refractivity contribution < 1.29 is 13.9 Å². The number of methoxy groups -OCH3 is 1. The van der Waals surface area contributed by atoms with Crippen LogP contribution in [0.1, 0.15) is 61.1 Å². The van der Waals surface area contributed by atoms with Crippen molar-refractivity contribution in [3.63, 3.8) is 0 Å². The van der Waals surface area contributed by atoms with Gasteiger partial charge in [-0.05, 0) is 51.7 Å². The first-order valence-electron chi connectivity index (χ1n) is 10.8. The fraction of sp³-hybridized carbons (Fsp3) is 0.522. The number of hydrogen-bond acceptors (Lipinski definition) is 6. The second-order valence-electron chi connectivity index (χ2n) is 9.08. The maximum atomic E-state index is 15.9. The number of amides is 1. The van der Waals surface area contributed by atoms with Crippen LogP contribution >= 0.6 is 11.9 Å². The highest BCUT2D eigenvalue weighted by molar-refractivity contribution is 7.97. The Kier molecular flexibility index (Phi) is 4.97. The van der Waals surface area contributed by atoms with E-state index in [0.717, 1.165) is 18.3 Å². The number of hydrogen-bond donors (Lipinski definition) is 0. The Hall–Kier alpha value is -2.19. The number of pyridine rings is 2. The van der Waals surface area contributed by atoms with Gasteiger partial charge in [-0.2, -0.15) is 0 Å². The average Bonchev–Trinajstić information content (AvgIpc) is 3.56. The summed E-state index contributed by atoms with van der Waals surface area (Å²) in [6, 6.07) is 5.22. The predicted octanol–water partition coefficient (Wildman–Crippen LogP) is 4.45. The fourth-order valence-corrected chi connectivity index (χ4v) is 5.69. The summed E-state index contributed by atoms with van der Waals surface area (Å²) >= 11 is 1.88. The molecule has 0 spiro atoms. The smallest absolute Gasteiger partial charge is 0.261 e. The van der Waals surface area contributed by atoms with E-state index in [1.165, 1.54) is 12.8 Å². The van der Waals surface area contributed by atoms with E-state index in [1.807, 2.05) is 25.8 Å². The molecule has 0 radical (unpaired) electrons. The van der Waals surface area contributed by atoms with E-state index in [-0.39, 0.29) is 5.91 Å². The number of carbonyl (C=O) groups is 1.